The third-order valence-corrected chi connectivity index (χ3v) is 5.60. The van der Waals surface area contributed by atoms with E-state index in [0.717, 1.165) is 17.7 Å². The van der Waals surface area contributed by atoms with Crippen molar-refractivity contribution in [3.63, 3.8) is 0 Å². The van der Waals surface area contributed by atoms with Gasteiger partial charge in [-0.3, -0.25) is 9.59 Å². The lowest BCUT2D eigenvalue weighted by Gasteiger charge is -2.31. The number of thiophene rings is 1. The van der Waals surface area contributed by atoms with Gasteiger partial charge in [0.05, 0.1) is 5.69 Å². The second kappa shape index (κ2) is 7.63. The minimum absolute atomic E-state index is 0.0280. The van der Waals surface area contributed by atoms with E-state index in [2.05, 4.69) is 9.97 Å². The van der Waals surface area contributed by atoms with Crippen molar-refractivity contribution in [2.24, 2.45) is 0 Å². The van der Waals surface area contributed by atoms with Gasteiger partial charge in [-0.15, -0.1) is 0 Å². The molecule has 0 aliphatic carbocycles. The van der Waals surface area contributed by atoms with Crippen LogP contribution in [-0.4, -0.2) is 33.9 Å². The highest BCUT2D eigenvalue weighted by Gasteiger charge is 2.26. The molecule has 4 rings (SSSR count). The van der Waals surface area contributed by atoms with Gasteiger partial charge in [0.15, 0.2) is 11.6 Å². The van der Waals surface area contributed by atoms with Crippen molar-refractivity contribution in [1.29, 1.82) is 0 Å². The number of likely N-dealkylation sites (tertiary alicyclic amines) is 1. The van der Waals surface area contributed by atoms with Crippen molar-refractivity contribution in [1.82, 2.24) is 14.9 Å². The molecule has 8 heteroatoms. The Morgan fingerprint density at radius 2 is 1.93 bits per heavy atom. The molecular formula is C20H17F2N3O2S. The van der Waals surface area contributed by atoms with Gasteiger partial charge >= 0.3 is 0 Å². The monoisotopic (exact) mass is 401 g/mol. The quantitative estimate of drug-likeness (QED) is 0.726. The number of benzene rings is 1. The molecule has 1 aliphatic rings. The molecular weight excluding hydrogens is 384 g/mol. The zero-order chi connectivity index (χ0) is 19.7. The molecule has 1 fully saturated rings. The van der Waals surface area contributed by atoms with Gasteiger partial charge in [0, 0.05) is 41.6 Å². The number of piperidine rings is 1. The lowest BCUT2D eigenvalue weighted by Crippen LogP contribution is -2.38. The van der Waals surface area contributed by atoms with Gasteiger partial charge in [-0.05, 0) is 42.5 Å². The average molecular weight is 401 g/mol. The summed E-state index contributed by atoms with van der Waals surface area (Å²) in [7, 11) is 0. The van der Waals surface area contributed by atoms with E-state index in [1.54, 1.807) is 4.90 Å². The predicted molar refractivity (Wildman–Crippen MR) is 102 cm³/mol. The van der Waals surface area contributed by atoms with Gasteiger partial charge in [-0.1, -0.05) is 0 Å². The molecule has 1 saturated heterocycles. The van der Waals surface area contributed by atoms with E-state index in [0.29, 0.717) is 37.4 Å². The summed E-state index contributed by atoms with van der Waals surface area (Å²) in [6, 6.07) is 6.57. The van der Waals surface area contributed by atoms with Crippen molar-refractivity contribution < 1.29 is 13.6 Å². The Morgan fingerprint density at radius 3 is 2.61 bits per heavy atom. The molecule has 1 amide bonds. The van der Waals surface area contributed by atoms with E-state index in [-0.39, 0.29) is 22.9 Å². The minimum atomic E-state index is -1.03. The van der Waals surface area contributed by atoms with Crippen molar-refractivity contribution in [2.75, 3.05) is 13.1 Å². The zero-order valence-electron chi connectivity index (χ0n) is 14.8. The van der Waals surface area contributed by atoms with Gasteiger partial charge in [0.2, 0.25) is 0 Å². The number of carbonyl (C=O) groups is 1. The molecule has 1 aliphatic heterocycles. The maximum Gasteiger partial charge on any atom is 0.253 e. The number of nitrogens with one attached hydrogen (secondary N) is 1. The Morgan fingerprint density at radius 1 is 1.14 bits per heavy atom. The number of rotatable bonds is 3. The number of hydrogen-bond donors (Lipinski definition) is 1. The fourth-order valence-electron chi connectivity index (χ4n) is 3.40. The number of amides is 1. The Kier molecular flexibility index (Phi) is 5.04. The Hall–Kier alpha value is -2.87. The summed E-state index contributed by atoms with van der Waals surface area (Å²) in [5.74, 6) is -1.69. The molecule has 0 saturated carbocycles. The van der Waals surface area contributed by atoms with Crippen LogP contribution in [0.2, 0.25) is 0 Å². The molecule has 0 radical (unpaired) electrons. The summed E-state index contributed by atoms with van der Waals surface area (Å²) >= 11 is 1.54. The van der Waals surface area contributed by atoms with E-state index in [4.69, 9.17) is 0 Å². The number of H-pyrrole nitrogens is 1. The molecule has 0 bridgehead atoms. The lowest BCUT2D eigenvalue weighted by molar-refractivity contribution is 0.0710. The number of aromatic nitrogens is 2. The molecule has 1 N–H and O–H groups in total. The van der Waals surface area contributed by atoms with Crippen LogP contribution in [0.5, 0.6) is 0 Å². The van der Waals surface area contributed by atoms with E-state index in [1.807, 2.05) is 16.8 Å². The van der Waals surface area contributed by atoms with Crippen molar-refractivity contribution >= 4 is 17.2 Å². The Bertz CT molecular complexity index is 1060. The first-order chi connectivity index (χ1) is 13.5. The number of carbonyl (C=O) groups excluding carboxylic acids is 1. The highest BCUT2D eigenvalue weighted by Crippen LogP contribution is 2.28. The maximum atomic E-state index is 13.4. The number of aromatic amines is 1. The topological polar surface area (TPSA) is 66.1 Å². The highest BCUT2D eigenvalue weighted by atomic mass is 32.1. The standard InChI is InChI=1S/C20H17F2N3O2S/c21-15-2-1-13(9-16(15)22)20(27)25-6-3-12(4-7-25)19-23-17(10-18(26)24-19)14-5-8-28-11-14/h1-2,5,8-12H,3-4,6-7H2,(H,23,24,26). The number of nitrogens with zero attached hydrogens (tertiary/aromatic N) is 2. The molecule has 144 valence electrons. The fourth-order valence-corrected chi connectivity index (χ4v) is 4.05. The first-order valence-electron chi connectivity index (χ1n) is 8.89. The third-order valence-electron chi connectivity index (χ3n) is 4.91. The van der Waals surface area contributed by atoms with Gasteiger partial charge in [0.1, 0.15) is 5.82 Å². The molecule has 0 unspecified atom stereocenters. The molecule has 5 nitrogen and oxygen atoms in total. The van der Waals surface area contributed by atoms with E-state index in [1.165, 1.54) is 23.5 Å². The summed E-state index contributed by atoms with van der Waals surface area (Å²) < 4.78 is 26.5. The average Bonchev–Trinajstić information content (AvgIpc) is 3.24. The summed E-state index contributed by atoms with van der Waals surface area (Å²) in [5, 5.41) is 3.87. The van der Waals surface area contributed by atoms with Crippen molar-refractivity contribution in [2.45, 2.75) is 18.8 Å². The van der Waals surface area contributed by atoms with Crippen LogP contribution >= 0.6 is 11.3 Å². The first-order valence-corrected chi connectivity index (χ1v) is 9.83. The van der Waals surface area contributed by atoms with Gasteiger partial charge in [-0.25, -0.2) is 13.8 Å². The molecule has 2 aromatic heterocycles. The highest BCUT2D eigenvalue weighted by molar-refractivity contribution is 7.08. The van der Waals surface area contributed by atoms with Crippen LogP contribution in [0.15, 0.2) is 45.9 Å². The summed E-state index contributed by atoms with van der Waals surface area (Å²) in [4.78, 5) is 33.6. The predicted octanol–water partition coefficient (Wildman–Crippen LogP) is 3.80. The maximum absolute atomic E-state index is 13.4. The normalized spacial score (nSPS) is 15.0. The van der Waals surface area contributed by atoms with Crippen LogP contribution in [0.4, 0.5) is 8.78 Å². The van der Waals surface area contributed by atoms with Gasteiger partial charge in [0.25, 0.3) is 11.5 Å². The number of hydrogen-bond acceptors (Lipinski definition) is 4. The molecule has 3 heterocycles. The molecule has 3 aromatic rings. The summed E-state index contributed by atoms with van der Waals surface area (Å²) in [6.07, 6.45) is 1.26. The smallest absolute Gasteiger partial charge is 0.253 e. The minimum Gasteiger partial charge on any atom is -0.339 e. The summed E-state index contributed by atoms with van der Waals surface area (Å²) in [5.41, 5.74) is 1.47. The molecule has 28 heavy (non-hydrogen) atoms. The lowest BCUT2D eigenvalue weighted by atomic mass is 9.95. The van der Waals surface area contributed by atoms with Crippen LogP contribution < -0.4 is 5.56 Å². The molecule has 0 spiro atoms. The van der Waals surface area contributed by atoms with Crippen LogP contribution in [0.1, 0.15) is 34.9 Å². The van der Waals surface area contributed by atoms with Crippen LogP contribution in [0.3, 0.4) is 0 Å². The van der Waals surface area contributed by atoms with Crippen molar-refractivity contribution in [3.8, 4) is 11.3 Å². The second-order valence-corrected chi connectivity index (χ2v) is 7.50. The van der Waals surface area contributed by atoms with E-state index < -0.39 is 11.6 Å². The molecule has 1 aromatic carbocycles. The molecule has 0 atom stereocenters. The van der Waals surface area contributed by atoms with Gasteiger partial charge in [-0.2, -0.15) is 11.3 Å². The van der Waals surface area contributed by atoms with Crippen LogP contribution in [0.25, 0.3) is 11.3 Å². The SMILES string of the molecule is O=C(c1ccc(F)c(F)c1)N1CCC(c2nc(-c3ccsc3)cc(=O)[nH]2)CC1. The third kappa shape index (κ3) is 3.73. The van der Waals surface area contributed by atoms with Gasteiger partial charge < -0.3 is 9.88 Å². The Labute approximate surface area is 163 Å². The van der Waals surface area contributed by atoms with E-state index in [9.17, 15) is 18.4 Å². The number of halogens is 2. The summed E-state index contributed by atoms with van der Waals surface area (Å²) in [6.45, 7) is 0.907. The first kappa shape index (κ1) is 18.5. The van der Waals surface area contributed by atoms with Crippen LogP contribution in [0, 0.1) is 11.6 Å². The largest absolute Gasteiger partial charge is 0.339 e. The van der Waals surface area contributed by atoms with E-state index >= 15 is 0 Å². The fraction of sp³-hybridized carbons (Fsp3) is 0.250. The zero-order valence-corrected chi connectivity index (χ0v) is 15.6. The Balaban J connectivity index is 1.48. The van der Waals surface area contributed by atoms with Crippen LogP contribution in [-0.2, 0) is 0 Å². The van der Waals surface area contributed by atoms with Crippen molar-refractivity contribution in [3.05, 3.63) is 74.5 Å². The second-order valence-electron chi connectivity index (χ2n) is 6.72.